The van der Waals surface area contributed by atoms with Gasteiger partial charge in [-0.05, 0) is 12.1 Å². The molecule has 1 atom stereocenters. The van der Waals surface area contributed by atoms with Gasteiger partial charge in [-0.2, -0.15) is 5.26 Å². The fourth-order valence-electron chi connectivity index (χ4n) is 1.26. The van der Waals surface area contributed by atoms with Crippen molar-refractivity contribution in [3.8, 4) is 6.07 Å². The Bertz CT molecular complexity index is 437. The molecule has 0 heterocycles. The predicted octanol–water partition coefficient (Wildman–Crippen LogP) is 0.872. The zero-order valence-electron chi connectivity index (χ0n) is 9.34. The number of benzene rings is 1. The van der Waals surface area contributed by atoms with E-state index in [-0.39, 0.29) is 6.42 Å². The van der Waals surface area contributed by atoms with Crippen molar-refractivity contribution in [2.24, 2.45) is 0 Å². The Morgan fingerprint density at radius 3 is 2.59 bits per heavy atom. The molecule has 0 spiro atoms. The topological polar surface area (TPSA) is 79.2 Å². The van der Waals surface area contributed by atoms with Crippen molar-refractivity contribution in [3.63, 3.8) is 0 Å². The monoisotopic (exact) mass is 232 g/mol. The molecule has 0 aliphatic rings. The molecule has 0 radical (unpaired) electrons. The van der Waals surface area contributed by atoms with E-state index in [1.807, 2.05) is 6.07 Å². The predicted molar refractivity (Wildman–Crippen MR) is 59.9 cm³/mol. The van der Waals surface area contributed by atoms with E-state index in [1.165, 1.54) is 7.11 Å². The Hall–Kier alpha value is -2.35. The van der Waals surface area contributed by atoms with E-state index in [2.05, 4.69) is 10.1 Å². The highest BCUT2D eigenvalue weighted by atomic mass is 16.5. The van der Waals surface area contributed by atoms with E-state index in [1.54, 1.807) is 30.3 Å². The first-order chi connectivity index (χ1) is 8.19. The van der Waals surface area contributed by atoms with Crippen LogP contribution in [-0.4, -0.2) is 25.0 Å². The summed E-state index contributed by atoms with van der Waals surface area (Å²) in [5.41, 5.74) is 0.430. The van der Waals surface area contributed by atoms with E-state index in [9.17, 15) is 9.59 Å². The fourth-order valence-corrected chi connectivity index (χ4v) is 1.26. The molecule has 0 unspecified atom stereocenters. The number of hydrogen-bond donors (Lipinski definition) is 1. The van der Waals surface area contributed by atoms with Crippen molar-refractivity contribution in [1.82, 2.24) is 5.32 Å². The molecule has 0 fully saturated rings. The largest absolute Gasteiger partial charge is 0.467 e. The number of nitriles is 1. The van der Waals surface area contributed by atoms with Gasteiger partial charge < -0.3 is 10.1 Å². The molecule has 5 heteroatoms. The summed E-state index contributed by atoms with van der Waals surface area (Å²) in [6.07, 6.45) is -0.120. The van der Waals surface area contributed by atoms with Crippen LogP contribution in [0.3, 0.4) is 0 Å². The van der Waals surface area contributed by atoms with Crippen LogP contribution >= 0.6 is 0 Å². The molecule has 0 aliphatic carbocycles. The molecule has 1 N–H and O–H groups in total. The zero-order valence-corrected chi connectivity index (χ0v) is 9.34. The second-order valence-corrected chi connectivity index (χ2v) is 3.28. The Morgan fingerprint density at radius 2 is 2.06 bits per heavy atom. The van der Waals surface area contributed by atoms with Crippen LogP contribution in [0.2, 0.25) is 0 Å². The van der Waals surface area contributed by atoms with Gasteiger partial charge in [0.15, 0.2) is 0 Å². The van der Waals surface area contributed by atoms with Crippen molar-refractivity contribution < 1.29 is 14.3 Å². The maximum atomic E-state index is 11.7. The molecule has 1 aromatic carbocycles. The standard InChI is InChI=1S/C12H12N2O3/c1-17-12(16)10(7-8-13)14-11(15)9-5-3-2-4-6-9/h2-6,10H,7H2,1H3,(H,14,15)/t10-/m0/s1. The van der Waals surface area contributed by atoms with Gasteiger partial charge in [0.2, 0.25) is 0 Å². The summed E-state index contributed by atoms with van der Waals surface area (Å²) in [5, 5.41) is 11.0. The molecule has 0 aromatic heterocycles. The molecule has 1 amide bonds. The number of nitrogens with zero attached hydrogens (tertiary/aromatic N) is 1. The van der Waals surface area contributed by atoms with Gasteiger partial charge >= 0.3 is 5.97 Å². The number of rotatable bonds is 4. The van der Waals surface area contributed by atoms with E-state index < -0.39 is 17.9 Å². The van der Waals surface area contributed by atoms with E-state index in [0.29, 0.717) is 5.56 Å². The van der Waals surface area contributed by atoms with Crippen LogP contribution < -0.4 is 5.32 Å². The number of esters is 1. The number of carbonyl (C=O) groups is 2. The number of nitrogens with one attached hydrogen (secondary N) is 1. The van der Waals surface area contributed by atoms with Gasteiger partial charge in [0.05, 0.1) is 19.6 Å². The third kappa shape index (κ3) is 3.61. The minimum atomic E-state index is -0.933. The molecule has 0 saturated heterocycles. The van der Waals surface area contributed by atoms with Crippen molar-refractivity contribution in [2.45, 2.75) is 12.5 Å². The molecule has 0 saturated carbocycles. The normalized spacial score (nSPS) is 11.1. The van der Waals surface area contributed by atoms with Gasteiger partial charge in [-0.25, -0.2) is 4.79 Å². The first-order valence-electron chi connectivity index (χ1n) is 4.99. The second kappa shape index (κ2) is 6.28. The van der Waals surface area contributed by atoms with Crippen molar-refractivity contribution in [2.75, 3.05) is 7.11 Å². The van der Waals surface area contributed by atoms with Gasteiger partial charge in [-0.15, -0.1) is 0 Å². The van der Waals surface area contributed by atoms with Gasteiger partial charge in [-0.3, -0.25) is 4.79 Å². The van der Waals surface area contributed by atoms with Gasteiger partial charge in [-0.1, -0.05) is 18.2 Å². The molecular formula is C12H12N2O3. The SMILES string of the molecule is COC(=O)[C@H](CC#N)NC(=O)c1ccccc1. The highest BCUT2D eigenvalue weighted by Gasteiger charge is 2.21. The number of carbonyl (C=O) groups excluding carboxylic acids is 2. The number of methoxy groups -OCH3 is 1. The molecule has 0 bridgehead atoms. The summed E-state index contributed by atoms with van der Waals surface area (Å²) >= 11 is 0. The number of ether oxygens (including phenoxy) is 1. The number of amides is 1. The Kier molecular flexibility index (Phi) is 4.70. The first-order valence-corrected chi connectivity index (χ1v) is 4.99. The fraction of sp³-hybridized carbons (Fsp3) is 0.250. The van der Waals surface area contributed by atoms with Crippen LogP contribution in [-0.2, 0) is 9.53 Å². The van der Waals surface area contributed by atoms with Crippen molar-refractivity contribution >= 4 is 11.9 Å². The summed E-state index contributed by atoms with van der Waals surface area (Å²) in [4.78, 5) is 23.0. The van der Waals surface area contributed by atoms with E-state index >= 15 is 0 Å². The van der Waals surface area contributed by atoms with Gasteiger partial charge in [0.25, 0.3) is 5.91 Å². The van der Waals surface area contributed by atoms with Crippen LogP contribution in [0.5, 0.6) is 0 Å². The van der Waals surface area contributed by atoms with Crippen LogP contribution in [0, 0.1) is 11.3 Å². The van der Waals surface area contributed by atoms with E-state index in [4.69, 9.17) is 5.26 Å². The van der Waals surface area contributed by atoms with Crippen LogP contribution in [0.4, 0.5) is 0 Å². The average molecular weight is 232 g/mol. The quantitative estimate of drug-likeness (QED) is 0.781. The second-order valence-electron chi connectivity index (χ2n) is 3.28. The third-order valence-electron chi connectivity index (χ3n) is 2.12. The molecule has 17 heavy (non-hydrogen) atoms. The first kappa shape index (κ1) is 12.7. The summed E-state index contributed by atoms with van der Waals surface area (Å²) < 4.78 is 4.50. The minimum absolute atomic E-state index is 0.120. The Balaban J connectivity index is 2.72. The molecule has 1 aromatic rings. The molecular weight excluding hydrogens is 220 g/mol. The lowest BCUT2D eigenvalue weighted by Crippen LogP contribution is -2.41. The van der Waals surface area contributed by atoms with E-state index in [0.717, 1.165) is 0 Å². The number of hydrogen-bond acceptors (Lipinski definition) is 4. The Morgan fingerprint density at radius 1 is 1.41 bits per heavy atom. The maximum Gasteiger partial charge on any atom is 0.329 e. The smallest absolute Gasteiger partial charge is 0.329 e. The van der Waals surface area contributed by atoms with Gasteiger partial charge in [0, 0.05) is 5.56 Å². The maximum absolute atomic E-state index is 11.7. The lowest BCUT2D eigenvalue weighted by Gasteiger charge is -2.13. The summed E-state index contributed by atoms with van der Waals surface area (Å²) in [5.74, 6) is -1.04. The summed E-state index contributed by atoms with van der Waals surface area (Å²) in [7, 11) is 1.21. The zero-order chi connectivity index (χ0) is 12.7. The van der Waals surface area contributed by atoms with Crippen LogP contribution in [0.15, 0.2) is 30.3 Å². The van der Waals surface area contributed by atoms with Crippen LogP contribution in [0.25, 0.3) is 0 Å². The Labute approximate surface area is 99.0 Å². The third-order valence-corrected chi connectivity index (χ3v) is 2.12. The highest BCUT2D eigenvalue weighted by molar-refractivity contribution is 5.96. The summed E-state index contributed by atoms with van der Waals surface area (Å²) in [6.45, 7) is 0. The van der Waals surface area contributed by atoms with Crippen molar-refractivity contribution in [3.05, 3.63) is 35.9 Å². The lowest BCUT2D eigenvalue weighted by atomic mass is 10.1. The van der Waals surface area contributed by atoms with Crippen molar-refractivity contribution in [1.29, 1.82) is 5.26 Å². The molecule has 5 nitrogen and oxygen atoms in total. The lowest BCUT2D eigenvalue weighted by molar-refractivity contribution is -0.142. The molecule has 1 rings (SSSR count). The minimum Gasteiger partial charge on any atom is -0.467 e. The molecule has 88 valence electrons. The highest BCUT2D eigenvalue weighted by Crippen LogP contribution is 2.01. The summed E-state index contributed by atoms with van der Waals surface area (Å²) in [6, 6.07) is 9.34. The average Bonchev–Trinajstić information content (AvgIpc) is 2.38. The van der Waals surface area contributed by atoms with Gasteiger partial charge in [0.1, 0.15) is 6.04 Å². The molecule has 0 aliphatic heterocycles. The van der Waals surface area contributed by atoms with Crippen LogP contribution in [0.1, 0.15) is 16.8 Å².